The second-order valence-electron chi connectivity index (χ2n) is 14.1. The molecule has 0 N–H and O–H groups in total. The Bertz CT molecular complexity index is 1580. The molecule has 2 rings (SSSR count). The van der Waals surface area contributed by atoms with Gasteiger partial charge >= 0.3 is 42.0 Å². The second kappa shape index (κ2) is 25.2. The molecule has 0 aromatic heterocycles. The van der Waals surface area contributed by atoms with Crippen LogP contribution in [0.25, 0.3) is 0 Å². The predicted octanol–water partition coefficient (Wildman–Crippen LogP) is 6.56. The van der Waals surface area contributed by atoms with Crippen LogP contribution in [0.3, 0.4) is 0 Å². The number of allylic oxidation sites excluding steroid dienone is 2. The van der Waals surface area contributed by atoms with E-state index in [1.807, 2.05) is 19.9 Å². The average Bonchev–Trinajstić information content (AvgIpc) is 3.55. The van der Waals surface area contributed by atoms with Gasteiger partial charge in [-0.05, 0) is 44.6 Å². The van der Waals surface area contributed by atoms with Gasteiger partial charge < -0.3 is 42.6 Å². The van der Waals surface area contributed by atoms with E-state index in [0.717, 1.165) is 44.1 Å². The third-order valence-electron chi connectivity index (χ3n) is 9.29. The zero-order valence-corrected chi connectivity index (χ0v) is 34.4. The van der Waals surface area contributed by atoms with Gasteiger partial charge in [-0.15, -0.1) is 0 Å². The number of unbranched alkanes of at least 4 members (excludes halogenated alkanes) is 4. The predicted molar refractivity (Wildman–Crippen MR) is 202 cm³/mol. The van der Waals surface area contributed by atoms with Gasteiger partial charge in [0.05, 0.1) is 20.1 Å². The van der Waals surface area contributed by atoms with Crippen molar-refractivity contribution in [3.63, 3.8) is 0 Å². The SMILES string of the molecule is COC(=O)CC/C(C)=C/Cc1c(OC)c(C)c2c(c1OC(=O)OCOC(=O)C(C)CCCCCCCC(C)CC(=O)OC(COC(C)=O)COC(C)=O)C(=O)OC2. The lowest BCUT2D eigenvalue weighted by atomic mass is 9.94. The van der Waals surface area contributed by atoms with Gasteiger partial charge in [0, 0.05) is 37.8 Å². The average molecular weight is 807 g/mol. The number of benzene rings is 1. The van der Waals surface area contributed by atoms with Gasteiger partial charge in [0.15, 0.2) is 11.9 Å². The smallest absolute Gasteiger partial charge is 0.496 e. The Hall–Kier alpha value is -5.15. The summed E-state index contributed by atoms with van der Waals surface area (Å²) in [6.07, 6.45) is 6.60. The maximum absolute atomic E-state index is 12.8. The molecule has 16 heteroatoms. The summed E-state index contributed by atoms with van der Waals surface area (Å²) in [7, 11) is 2.78. The van der Waals surface area contributed by atoms with E-state index in [1.54, 1.807) is 13.8 Å². The van der Waals surface area contributed by atoms with E-state index in [0.29, 0.717) is 35.3 Å². The van der Waals surface area contributed by atoms with Crippen molar-refractivity contribution in [3.8, 4) is 11.5 Å². The van der Waals surface area contributed by atoms with Crippen molar-refractivity contribution in [2.45, 2.75) is 125 Å². The minimum absolute atomic E-state index is 0.0203. The summed E-state index contributed by atoms with van der Waals surface area (Å²) in [5.41, 5.74) is 2.54. The first kappa shape index (κ1) is 48.0. The number of fused-ring (bicyclic) bond motifs is 1. The van der Waals surface area contributed by atoms with E-state index >= 15 is 0 Å². The van der Waals surface area contributed by atoms with Crippen molar-refractivity contribution in [1.29, 1.82) is 0 Å². The summed E-state index contributed by atoms with van der Waals surface area (Å²) < 4.78 is 46.5. The molecule has 1 aliphatic heterocycles. The van der Waals surface area contributed by atoms with Crippen LogP contribution in [0.2, 0.25) is 0 Å². The van der Waals surface area contributed by atoms with E-state index in [-0.39, 0.29) is 62.3 Å². The summed E-state index contributed by atoms with van der Waals surface area (Å²) in [4.78, 5) is 84.4. The summed E-state index contributed by atoms with van der Waals surface area (Å²) in [5, 5.41) is 0. The van der Waals surface area contributed by atoms with Crippen LogP contribution >= 0.6 is 0 Å². The number of rotatable bonds is 25. The molecule has 0 aliphatic carbocycles. The summed E-state index contributed by atoms with van der Waals surface area (Å²) in [6.45, 7) is 8.65. The van der Waals surface area contributed by atoms with Gasteiger partial charge in [0.1, 0.15) is 31.1 Å². The Morgan fingerprint density at radius 3 is 2.04 bits per heavy atom. The zero-order chi connectivity index (χ0) is 42.5. The minimum Gasteiger partial charge on any atom is -0.496 e. The lowest BCUT2D eigenvalue weighted by molar-refractivity contribution is -0.166. The molecule has 0 saturated carbocycles. The van der Waals surface area contributed by atoms with E-state index in [9.17, 15) is 33.6 Å². The van der Waals surface area contributed by atoms with Gasteiger partial charge in [-0.2, -0.15) is 0 Å². The Morgan fingerprint density at radius 1 is 0.789 bits per heavy atom. The molecule has 0 amide bonds. The number of esters is 6. The van der Waals surface area contributed by atoms with Crippen molar-refractivity contribution < 1.29 is 76.2 Å². The molecule has 2 unspecified atom stereocenters. The highest BCUT2D eigenvalue weighted by molar-refractivity contribution is 5.99. The van der Waals surface area contributed by atoms with Gasteiger partial charge in [-0.1, -0.05) is 64.0 Å². The van der Waals surface area contributed by atoms with Crippen LogP contribution in [0.5, 0.6) is 11.5 Å². The van der Waals surface area contributed by atoms with Crippen LogP contribution in [0.15, 0.2) is 11.6 Å². The molecule has 0 saturated heterocycles. The molecule has 318 valence electrons. The molecule has 57 heavy (non-hydrogen) atoms. The third-order valence-corrected chi connectivity index (χ3v) is 9.29. The molecule has 0 fully saturated rings. The van der Waals surface area contributed by atoms with Crippen molar-refractivity contribution in [2.24, 2.45) is 11.8 Å². The normalized spacial score (nSPS) is 13.1. The highest BCUT2D eigenvalue weighted by Crippen LogP contribution is 2.43. The Kier molecular flexibility index (Phi) is 21.2. The van der Waals surface area contributed by atoms with Gasteiger partial charge in [-0.25, -0.2) is 9.59 Å². The molecule has 1 aliphatic rings. The lowest BCUT2D eigenvalue weighted by Gasteiger charge is -2.18. The van der Waals surface area contributed by atoms with E-state index in [4.69, 9.17) is 42.6 Å². The van der Waals surface area contributed by atoms with Crippen LogP contribution in [0.1, 0.15) is 126 Å². The van der Waals surface area contributed by atoms with Crippen molar-refractivity contribution in [2.75, 3.05) is 34.2 Å². The fraction of sp³-hybridized carbons (Fsp3) is 0.634. The van der Waals surface area contributed by atoms with E-state index in [2.05, 4.69) is 0 Å². The number of carbonyl (C=O) groups is 7. The number of cyclic esters (lactones) is 1. The van der Waals surface area contributed by atoms with Crippen LogP contribution < -0.4 is 9.47 Å². The monoisotopic (exact) mass is 806 g/mol. The van der Waals surface area contributed by atoms with E-state index < -0.39 is 54.8 Å². The lowest BCUT2D eigenvalue weighted by Crippen LogP contribution is -2.30. The first-order valence-electron chi connectivity index (χ1n) is 19.2. The highest BCUT2D eigenvalue weighted by atomic mass is 16.8. The summed E-state index contributed by atoms with van der Waals surface area (Å²) in [6, 6.07) is 0. The zero-order valence-electron chi connectivity index (χ0n) is 34.4. The fourth-order valence-electron chi connectivity index (χ4n) is 6.04. The largest absolute Gasteiger partial charge is 0.516 e. The molecule has 1 heterocycles. The molecule has 0 radical (unpaired) electrons. The van der Waals surface area contributed by atoms with Crippen molar-refractivity contribution in [3.05, 3.63) is 33.9 Å². The highest BCUT2D eigenvalue weighted by Gasteiger charge is 2.34. The number of carbonyl (C=O) groups excluding carboxylic acids is 7. The fourth-order valence-corrected chi connectivity index (χ4v) is 6.04. The molecule has 0 bridgehead atoms. The Balaban J connectivity index is 1.78. The van der Waals surface area contributed by atoms with E-state index in [1.165, 1.54) is 28.1 Å². The number of hydrogen-bond donors (Lipinski definition) is 0. The molecular formula is C41H58O16. The molecular weight excluding hydrogens is 748 g/mol. The number of ether oxygens (including phenoxy) is 9. The van der Waals surface area contributed by atoms with Gasteiger partial charge in [0.2, 0.25) is 6.79 Å². The Labute approximate surface area is 334 Å². The standard InChI is InChI=1S/C41H58O16/c1-25(17-19-34(44)49-7)16-18-32-37(50-8)28(4)33-23-53-40(47)36(33)38(32)57-41(48)55-24-54-39(46)27(3)15-13-11-9-10-12-14-26(2)20-35(45)56-31(21-51-29(5)42)22-52-30(6)43/h16,26-27,31H,9-15,17-24H2,1-8H3/b25-16+. The summed E-state index contributed by atoms with van der Waals surface area (Å²) in [5.74, 6) is -3.14. The second-order valence-corrected chi connectivity index (χ2v) is 14.1. The first-order valence-corrected chi connectivity index (χ1v) is 19.2. The maximum atomic E-state index is 12.8. The quantitative estimate of drug-likeness (QED) is 0.0256. The number of hydrogen-bond acceptors (Lipinski definition) is 16. The van der Waals surface area contributed by atoms with Crippen LogP contribution in [0, 0.1) is 18.8 Å². The third kappa shape index (κ3) is 17.3. The molecule has 2 atom stereocenters. The molecule has 0 spiro atoms. The minimum atomic E-state index is -1.19. The first-order chi connectivity index (χ1) is 27.1. The molecule has 1 aromatic carbocycles. The molecule has 16 nitrogen and oxygen atoms in total. The Morgan fingerprint density at radius 2 is 1.42 bits per heavy atom. The maximum Gasteiger partial charge on any atom is 0.516 e. The number of methoxy groups -OCH3 is 2. The van der Waals surface area contributed by atoms with Crippen LogP contribution in [-0.4, -0.2) is 82.3 Å². The van der Waals surface area contributed by atoms with Crippen LogP contribution in [-0.2, 0) is 70.2 Å². The topological polar surface area (TPSA) is 203 Å². The van der Waals surface area contributed by atoms with Crippen molar-refractivity contribution in [1.82, 2.24) is 0 Å². The van der Waals surface area contributed by atoms with Gasteiger partial charge in [-0.3, -0.25) is 24.0 Å². The van der Waals surface area contributed by atoms with Crippen LogP contribution in [0.4, 0.5) is 4.79 Å². The summed E-state index contributed by atoms with van der Waals surface area (Å²) >= 11 is 0. The van der Waals surface area contributed by atoms with Crippen molar-refractivity contribution >= 4 is 42.0 Å². The molecule has 1 aromatic rings. The van der Waals surface area contributed by atoms with Gasteiger partial charge in [0.25, 0.3) is 0 Å².